The van der Waals surface area contributed by atoms with E-state index in [1.54, 1.807) is 37.5 Å². The van der Waals surface area contributed by atoms with Crippen LogP contribution in [0.1, 0.15) is 35.2 Å². The third-order valence-electron chi connectivity index (χ3n) is 7.60. The van der Waals surface area contributed by atoms with Gasteiger partial charge in [0.15, 0.2) is 0 Å². The molecule has 6 heteroatoms. The van der Waals surface area contributed by atoms with Crippen molar-refractivity contribution in [3.63, 3.8) is 0 Å². The molecule has 2 amide bonds. The maximum absolute atomic E-state index is 13.8. The molecule has 1 aliphatic rings. The highest BCUT2D eigenvalue weighted by Gasteiger charge is 2.24. The summed E-state index contributed by atoms with van der Waals surface area (Å²) in [6.07, 6.45) is 4.70. The Kier molecular flexibility index (Phi) is 7.86. The molecule has 6 nitrogen and oxygen atoms in total. The Labute approximate surface area is 245 Å². The second kappa shape index (κ2) is 12.2. The Hall–Kier alpha value is -5.10. The van der Waals surface area contributed by atoms with Gasteiger partial charge in [-0.1, -0.05) is 78.9 Å². The van der Waals surface area contributed by atoms with Crippen molar-refractivity contribution in [1.29, 1.82) is 0 Å². The number of methoxy groups -OCH3 is 1. The molecule has 0 unspecified atom stereocenters. The van der Waals surface area contributed by atoms with E-state index in [1.165, 1.54) is 0 Å². The van der Waals surface area contributed by atoms with E-state index in [0.717, 1.165) is 47.1 Å². The zero-order valence-electron chi connectivity index (χ0n) is 23.5. The summed E-state index contributed by atoms with van der Waals surface area (Å²) in [6.45, 7) is 1.32. The monoisotopic (exact) mass is 556 g/mol. The van der Waals surface area contributed by atoms with Crippen molar-refractivity contribution >= 4 is 28.9 Å². The van der Waals surface area contributed by atoms with Gasteiger partial charge in [0.05, 0.1) is 7.11 Å². The van der Waals surface area contributed by atoms with E-state index in [9.17, 15) is 9.59 Å². The molecule has 1 aromatic heterocycles. The molecule has 1 aliphatic heterocycles. The van der Waals surface area contributed by atoms with Gasteiger partial charge in [-0.15, -0.1) is 0 Å². The molecular formula is C36H32N2O4. The van der Waals surface area contributed by atoms with E-state index in [4.69, 9.17) is 9.15 Å². The minimum atomic E-state index is -0.341. The number of carbonyl (C=O) groups is 2. The number of amides is 2. The number of carbonyl (C=O) groups excluding carboxylic acids is 2. The predicted octanol–water partition coefficient (Wildman–Crippen LogP) is 7.56. The average molecular weight is 557 g/mol. The van der Waals surface area contributed by atoms with Gasteiger partial charge in [0, 0.05) is 46.8 Å². The van der Waals surface area contributed by atoms with Gasteiger partial charge in [-0.25, -0.2) is 0 Å². The molecule has 0 bridgehead atoms. The first-order valence-corrected chi connectivity index (χ1v) is 14.2. The van der Waals surface area contributed by atoms with Crippen LogP contribution in [0.5, 0.6) is 5.75 Å². The number of hydrogen-bond donors (Lipinski definition) is 1. The minimum absolute atomic E-state index is 0.205. The summed E-state index contributed by atoms with van der Waals surface area (Å²) < 4.78 is 12.2. The van der Waals surface area contributed by atoms with Gasteiger partial charge in [-0.05, 0) is 49.1 Å². The zero-order valence-corrected chi connectivity index (χ0v) is 23.5. The normalized spacial score (nSPS) is 13.6. The quantitative estimate of drug-likeness (QED) is 0.210. The molecule has 42 heavy (non-hydrogen) atoms. The molecule has 4 aromatic carbocycles. The first-order chi connectivity index (χ1) is 20.6. The summed E-state index contributed by atoms with van der Waals surface area (Å²) in [4.78, 5) is 28.8. The number of ether oxygens (including phenoxy) is 1. The number of hydrogen-bond acceptors (Lipinski definition) is 4. The number of likely N-dealkylation sites (tertiary alicyclic amines) is 1. The van der Waals surface area contributed by atoms with Gasteiger partial charge in [0.25, 0.3) is 11.8 Å². The van der Waals surface area contributed by atoms with Crippen LogP contribution in [0.15, 0.2) is 113 Å². The first-order valence-electron chi connectivity index (χ1n) is 14.2. The van der Waals surface area contributed by atoms with Gasteiger partial charge in [0.1, 0.15) is 22.8 Å². The van der Waals surface area contributed by atoms with Crippen LogP contribution in [0.25, 0.3) is 39.5 Å². The molecule has 5 aromatic rings. The Morgan fingerprint density at radius 1 is 0.810 bits per heavy atom. The maximum atomic E-state index is 13.8. The second-order valence-electron chi connectivity index (χ2n) is 10.4. The van der Waals surface area contributed by atoms with E-state index in [-0.39, 0.29) is 17.5 Å². The molecule has 0 radical (unpaired) electrons. The van der Waals surface area contributed by atoms with Crippen LogP contribution in [-0.2, 0) is 4.79 Å². The second-order valence-corrected chi connectivity index (χ2v) is 10.4. The van der Waals surface area contributed by atoms with Crippen LogP contribution in [0.4, 0.5) is 0 Å². The Morgan fingerprint density at radius 2 is 1.43 bits per heavy atom. The summed E-state index contributed by atoms with van der Waals surface area (Å²) in [7, 11) is 1.59. The third kappa shape index (κ3) is 5.56. The highest BCUT2D eigenvalue weighted by molar-refractivity contribution is 6.07. The average Bonchev–Trinajstić information content (AvgIpc) is 3.43. The molecule has 1 N–H and O–H groups in total. The zero-order chi connectivity index (χ0) is 28.9. The lowest BCUT2D eigenvalue weighted by atomic mass is 9.97. The lowest BCUT2D eigenvalue weighted by molar-refractivity contribution is -0.128. The largest absolute Gasteiger partial charge is 0.496 e. The van der Waals surface area contributed by atoms with Crippen LogP contribution in [0.3, 0.4) is 0 Å². The number of benzene rings is 4. The Balaban J connectivity index is 1.51. The molecule has 0 atom stereocenters. The first kappa shape index (κ1) is 27.1. The van der Waals surface area contributed by atoms with Crippen LogP contribution in [0.2, 0.25) is 0 Å². The minimum Gasteiger partial charge on any atom is -0.496 e. The highest BCUT2D eigenvalue weighted by atomic mass is 16.5. The maximum Gasteiger partial charge on any atom is 0.270 e. The van der Waals surface area contributed by atoms with Crippen molar-refractivity contribution in [1.82, 2.24) is 10.2 Å². The highest BCUT2D eigenvalue weighted by Crippen LogP contribution is 2.43. The fourth-order valence-electron chi connectivity index (χ4n) is 5.47. The number of fused-ring (bicyclic) bond motifs is 1. The molecule has 0 aliphatic carbocycles. The van der Waals surface area contributed by atoms with Crippen molar-refractivity contribution in [2.75, 3.05) is 20.2 Å². The van der Waals surface area contributed by atoms with Crippen molar-refractivity contribution in [3.8, 4) is 28.2 Å². The lowest BCUT2D eigenvalue weighted by Gasteiger charge is -2.27. The van der Waals surface area contributed by atoms with E-state index in [0.29, 0.717) is 35.5 Å². The number of rotatable bonds is 7. The number of nitrogens with one attached hydrogen (secondary N) is 1. The van der Waals surface area contributed by atoms with Crippen LogP contribution in [0, 0.1) is 0 Å². The van der Waals surface area contributed by atoms with E-state index in [2.05, 4.69) is 17.4 Å². The summed E-state index contributed by atoms with van der Waals surface area (Å²) >= 11 is 0. The molecule has 0 saturated carbocycles. The Morgan fingerprint density at radius 3 is 2.07 bits per heavy atom. The summed E-state index contributed by atoms with van der Waals surface area (Å²) in [6, 6.07) is 32.8. The molecule has 1 saturated heterocycles. The molecule has 210 valence electrons. The molecular weight excluding hydrogens is 524 g/mol. The van der Waals surface area contributed by atoms with Gasteiger partial charge < -0.3 is 19.4 Å². The van der Waals surface area contributed by atoms with Crippen LogP contribution >= 0.6 is 0 Å². The smallest absolute Gasteiger partial charge is 0.270 e. The fraction of sp³-hybridized carbons (Fsp3) is 0.167. The number of piperidine rings is 1. The van der Waals surface area contributed by atoms with Gasteiger partial charge in [0.2, 0.25) is 0 Å². The summed E-state index contributed by atoms with van der Waals surface area (Å²) in [5.74, 6) is 0.740. The molecule has 6 rings (SSSR count). The lowest BCUT2D eigenvalue weighted by Crippen LogP contribution is -2.41. The predicted molar refractivity (Wildman–Crippen MR) is 166 cm³/mol. The van der Waals surface area contributed by atoms with Crippen LogP contribution in [-0.4, -0.2) is 36.9 Å². The van der Waals surface area contributed by atoms with Crippen molar-refractivity contribution in [3.05, 3.63) is 120 Å². The summed E-state index contributed by atoms with van der Waals surface area (Å²) in [5.41, 5.74) is 4.93. The van der Waals surface area contributed by atoms with E-state index in [1.807, 2.05) is 71.6 Å². The molecule has 0 spiro atoms. The Bertz CT molecular complexity index is 1740. The van der Waals surface area contributed by atoms with Gasteiger partial charge in [-0.3, -0.25) is 9.59 Å². The van der Waals surface area contributed by atoms with Crippen LogP contribution < -0.4 is 10.1 Å². The molecule has 1 fully saturated rings. The molecule has 2 heterocycles. The standard InChI is InChI=1S/C36H32N2O4/c1-41-31-24-32-29(33(25-14-6-2-7-15-25)34(42-32)26-16-8-3-9-17-26)22-28(31)23-30(36(40)38-20-12-5-13-21-38)37-35(39)27-18-10-4-11-19-27/h2-4,6-11,14-19,22-24H,5,12-13,20-21H2,1H3,(H,37,39)/b30-23-. The summed E-state index contributed by atoms with van der Waals surface area (Å²) in [5, 5.41) is 3.79. The van der Waals surface area contributed by atoms with Crippen molar-refractivity contribution in [2.45, 2.75) is 19.3 Å². The SMILES string of the molecule is COc1cc2oc(-c3ccccc3)c(-c3ccccc3)c2cc1/C=C(\NC(=O)c1ccccc1)C(=O)N1CCCCC1. The van der Waals surface area contributed by atoms with Gasteiger partial charge >= 0.3 is 0 Å². The topological polar surface area (TPSA) is 71.8 Å². The van der Waals surface area contributed by atoms with E-state index < -0.39 is 0 Å². The van der Waals surface area contributed by atoms with Gasteiger partial charge in [-0.2, -0.15) is 0 Å². The van der Waals surface area contributed by atoms with E-state index >= 15 is 0 Å². The van der Waals surface area contributed by atoms with Crippen molar-refractivity contribution < 1.29 is 18.7 Å². The third-order valence-corrected chi connectivity index (χ3v) is 7.60. The number of furan rings is 1. The van der Waals surface area contributed by atoms with Crippen molar-refractivity contribution in [2.24, 2.45) is 0 Å². The fourth-order valence-corrected chi connectivity index (χ4v) is 5.47. The number of nitrogens with zero attached hydrogens (tertiary/aromatic N) is 1.